The molecule has 0 saturated carbocycles. The van der Waals surface area contributed by atoms with Crippen LogP contribution in [-0.2, 0) is 0 Å². The second kappa shape index (κ2) is 5.98. The number of nitrogens with zero attached hydrogens (tertiary/aromatic N) is 1. The van der Waals surface area contributed by atoms with Crippen LogP contribution in [0.15, 0.2) is 54.6 Å². The van der Waals surface area contributed by atoms with Crippen LogP contribution in [0, 0.1) is 13.8 Å². The Bertz CT molecular complexity index is 825. The van der Waals surface area contributed by atoms with E-state index in [2.05, 4.69) is 4.98 Å². The molecule has 0 radical (unpaired) electrons. The fourth-order valence-corrected chi connectivity index (χ4v) is 2.45. The summed E-state index contributed by atoms with van der Waals surface area (Å²) in [5, 5.41) is 0.937. The van der Waals surface area contributed by atoms with Crippen LogP contribution in [0.4, 0.5) is 0 Å². The number of rotatable bonds is 4. The standard InChI is InChI=1S/C19H17NO2/c1-13-7-6-10-16-18(11-14(2)20-19(13)16)22-12-17(21)15-8-4-3-5-9-15/h3-11H,12H2,1-2H3. The van der Waals surface area contributed by atoms with Crippen molar-refractivity contribution in [1.29, 1.82) is 0 Å². The SMILES string of the molecule is Cc1cc(OCC(=O)c2ccccc2)c2cccc(C)c2n1. The zero-order valence-corrected chi connectivity index (χ0v) is 12.7. The molecular weight excluding hydrogens is 274 g/mol. The molecule has 22 heavy (non-hydrogen) atoms. The van der Waals surface area contributed by atoms with Gasteiger partial charge in [0.2, 0.25) is 0 Å². The monoisotopic (exact) mass is 291 g/mol. The highest BCUT2D eigenvalue weighted by Crippen LogP contribution is 2.27. The van der Waals surface area contributed by atoms with Crippen molar-refractivity contribution >= 4 is 16.7 Å². The van der Waals surface area contributed by atoms with Gasteiger partial charge in [-0.1, -0.05) is 42.5 Å². The summed E-state index contributed by atoms with van der Waals surface area (Å²) in [6.07, 6.45) is 0. The number of fused-ring (bicyclic) bond motifs is 1. The van der Waals surface area contributed by atoms with Crippen LogP contribution in [0.5, 0.6) is 5.75 Å². The number of ketones is 1. The van der Waals surface area contributed by atoms with Crippen LogP contribution in [0.3, 0.4) is 0 Å². The van der Waals surface area contributed by atoms with Crippen LogP contribution < -0.4 is 4.74 Å². The number of para-hydroxylation sites is 1. The second-order valence-corrected chi connectivity index (χ2v) is 5.31. The molecule has 0 amide bonds. The molecule has 0 aliphatic heterocycles. The summed E-state index contributed by atoms with van der Waals surface area (Å²) in [5.41, 5.74) is 3.56. The first-order valence-electron chi connectivity index (χ1n) is 7.23. The van der Waals surface area contributed by atoms with E-state index in [1.54, 1.807) is 12.1 Å². The van der Waals surface area contributed by atoms with E-state index in [1.807, 2.05) is 56.3 Å². The maximum absolute atomic E-state index is 12.2. The molecule has 0 bridgehead atoms. The summed E-state index contributed by atoms with van der Waals surface area (Å²) >= 11 is 0. The summed E-state index contributed by atoms with van der Waals surface area (Å²) < 4.78 is 5.78. The Hall–Kier alpha value is -2.68. The predicted octanol–water partition coefficient (Wildman–Crippen LogP) is 4.11. The van der Waals surface area contributed by atoms with Crippen LogP contribution in [0.1, 0.15) is 21.6 Å². The Morgan fingerprint density at radius 3 is 2.59 bits per heavy atom. The number of benzene rings is 2. The van der Waals surface area contributed by atoms with Crippen LogP contribution in [-0.4, -0.2) is 17.4 Å². The van der Waals surface area contributed by atoms with Crippen LogP contribution in [0.2, 0.25) is 0 Å². The first-order chi connectivity index (χ1) is 10.6. The first-order valence-corrected chi connectivity index (χ1v) is 7.23. The Morgan fingerprint density at radius 2 is 1.82 bits per heavy atom. The number of hydrogen-bond donors (Lipinski definition) is 0. The minimum absolute atomic E-state index is 0.0243. The number of ether oxygens (including phenoxy) is 1. The predicted molar refractivity (Wildman–Crippen MR) is 87.5 cm³/mol. The Kier molecular flexibility index (Phi) is 3.88. The van der Waals surface area contributed by atoms with Gasteiger partial charge in [-0.2, -0.15) is 0 Å². The van der Waals surface area contributed by atoms with E-state index in [1.165, 1.54) is 0 Å². The summed E-state index contributed by atoms with van der Waals surface area (Å²) in [6, 6.07) is 17.0. The molecule has 0 fully saturated rings. The lowest BCUT2D eigenvalue weighted by Gasteiger charge is -2.11. The number of aryl methyl sites for hydroxylation is 2. The zero-order valence-electron chi connectivity index (χ0n) is 12.7. The second-order valence-electron chi connectivity index (χ2n) is 5.31. The van der Waals surface area contributed by atoms with Gasteiger partial charge in [-0.15, -0.1) is 0 Å². The lowest BCUT2D eigenvalue weighted by molar-refractivity contribution is 0.0922. The van der Waals surface area contributed by atoms with Gasteiger partial charge >= 0.3 is 0 Å². The Morgan fingerprint density at radius 1 is 1.05 bits per heavy atom. The van der Waals surface area contributed by atoms with E-state index in [0.717, 1.165) is 22.2 Å². The van der Waals surface area contributed by atoms with Gasteiger partial charge < -0.3 is 4.74 Å². The van der Waals surface area contributed by atoms with Gasteiger partial charge in [-0.05, 0) is 25.5 Å². The molecule has 1 heterocycles. The van der Waals surface area contributed by atoms with Crippen LogP contribution >= 0.6 is 0 Å². The molecule has 0 aliphatic rings. The summed E-state index contributed by atoms with van der Waals surface area (Å²) in [5.74, 6) is 0.673. The average molecular weight is 291 g/mol. The van der Waals surface area contributed by atoms with Crippen molar-refractivity contribution in [1.82, 2.24) is 4.98 Å². The average Bonchev–Trinajstić information content (AvgIpc) is 2.54. The minimum Gasteiger partial charge on any atom is -0.485 e. The van der Waals surface area contributed by atoms with E-state index in [4.69, 9.17) is 4.74 Å². The molecule has 0 N–H and O–H groups in total. The van der Waals surface area contributed by atoms with Gasteiger partial charge in [0.25, 0.3) is 0 Å². The van der Waals surface area contributed by atoms with Gasteiger partial charge in [-0.3, -0.25) is 9.78 Å². The molecule has 0 atom stereocenters. The molecule has 0 unspecified atom stereocenters. The molecule has 0 saturated heterocycles. The Balaban J connectivity index is 1.88. The number of aromatic nitrogens is 1. The van der Waals surface area contributed by atoms with Gasteiger partial charge in [0, 0.05) is 22.7 Å². The van der Waals surface area contributed by atoms with Crippen molar-refractivity contribution in [2.45, 2.75) is 13.8 Å². The number of carbonyl (C=O) groups excluding carboxylic acids is 1. The lowest BCUT2D eigenvalue weighted by atomic mass is 10.1. The van der Waals surface area contributed by atoms with Crippen molar-refractivity contribution in [3.8, 4) is 5.75 Å². The molecule has 2 aromatic carbocycles. The molecule has 0 aliphatic carbocycles. The third kappa shape index (κ3) is 2.84. The minimum atomic E-state index is -0.0316. The van der Waals surface area contributed by atoms with Crippen molar-refractivity contribution in [2.24, 2.45) is 0 Å². The van der Waals surface area contributed by atoms with Crippen LogP contribution in [0.25, 0.3) is 10.9 Å². The van der Waals surface area contributed by atoms with E-state index in [0.29, 0.717) is 11.3 Å². The maximum Gasteiger partial charge on any atom is 0.200 e. The third-order valence-electron chi connectivity index (χ3n) is 3.59. The normalized spacial score (nSPS) is 10.6. The van der Waals surface area contributed by atoms with Gasteiger partial charge in [0.05, 0.1) is 5.52 Å². The number of hydrogen-bond acceptors (Lipinski definition) is 3. The van der Waals surface area contributed by atoms with E-state index >= 15 is 0 Å². The quantitative estimate of drug-likeness (QED) is 0.679. The summed E-state index contributed by atoms with van der Waals surface area (Å²) in [4.78, 5) is 16.7. The largest absolute Gasteiger partial charge is 0.485 e. The number of Topliss-reactive ketones (excluding diaryl/α,β-unsaturated/α-hetero) is 1. The van der Waals surface area contributed by atoms with Gasteiger partial charge in [-0.25, -0.2) is 0 Å². The highest BCUT2D eigenvalue weighted by molar-refractivity contribution is 5.97. The highest BCUT2D eigenvalue weighted by atomic mass is 16.5. The molecule has 0 spiro atoms. The summed E-state index contributed by atoms with van der Waals surface area (Å²) in [6.45, 7) is 3.97. The molecule has 3 nitrogen and oxygen atoms in total. The lowest BCUT2D eigenvalue weighted by Crippen LogP contribution is -2.11. The van der Waals surface area contributed by atoms with Crippen molar-refractivity contribution in [3.05, 3.63) is 71.4 Å². The van der Waals surface area contributed by atoms with E-state index in [-0.39, 0.29) is 12.4 Å². The topological polar surface area (TPSA) is 39.2 Å². The third-order valence-corrected chi connectivity index (χ3v) is 3.59. The maximum atomic E-state index is 12.2. The van der Waals surface area contributed by atoms with Crippen molar-refractivity contribution in [2.75, 3.05) is 6.61 Å². The molecule has 3 rings (SSSR count). The highest BCUT2D eigenvalue weighted by Gasteiger charge is 2.10. The molecule has 110 valence electrons. The molecule has 3 aromatic rings. The van der Waals surface area contributed by atoms with Crippen molar-refractivity contribution in [3.63, 3.8) is 0 Å². The molecular formula is C19H17NO2. The van der Waals surface area contributed by atoms with E-state index < -0.39 is 0 Å². The molecule has 1 aromatic heterocycles. The van der Waals surface area contributed by atoms with Gasteiger partial charge in [0.15, 0.2) is 12.4 Å². The zero-order chi connectivity index (χ0) is 15.5. The smallest absolute Gasteiger partial charge is 0.200 e. The molecule has 3 heteroatoms. The van der Waals surface area contributed by atoms with E-state index in [9.17, 15) is 4.79 Å². The van der Waals surface area contributed by atoms with Gasteiger partial charge in [0.1, 0.15) is 5.75 Å². The Labute approximate surface area is 129 Å². The fourth-order valence-electron chi connectivity index (χ4n) is 2.45. The fraction of sp³-hybridized carbons (Fsp3) is 0.158. The first kappa shape index (κ1) is 14.3. The number of carbonyl (C=O) groups is 1. The number of pyridine rings is 1. The summed E-state index contributed by atoms with van der Waals surface area (Å²) in [7, 11) is 0. The van der Waals surface area contributed by atoms with Crippen molar-refractivity contribution < 1.29 is 9.53 Å².